The maximum Gasteiger partial charge on any atom is 0.311 e. The molecule has 2 aliphatic carbocycles. The number of carbonyl (C=O) groups excluding carboxylic acids is 1. The molecule has 3 fully saturated rings. The first-order valence-electron chi connectivity index (χ1n) is 11.7. The second-order valence-corrected chi connectivity index (χ2v) is 10.0. The predicted octanol–water partition coefficient (Wildman–Crippen LogP) is 3.23. The topological polar surface area (TPSA) is 53.0 Å². The molecule has 0 amide bonds. The van der Waals surface area contributed by atoms with Crippen LogP contribution in [0.3, 0.4) is 0 Å². The number of hydrogen-bond acceptors (Lipinski definition) is 5. The molecule has 5 nitrogen and oxygen atoms in total. The molecule has 2 saturated heterocycles. The highest BCUT2D eigenvalue weighted by molar-refractivity contribution is 5.76. The Morgan fingerprint density at radius 1 is 1.23 bits per heavy atom. The number of para-hydroxylation sites is 1. The fourth-order valence-corrected chi connectivity index (χ4v) is 6.43. The van der Waals surface area contributed by atoms with E-state index < -0.39 is 6.10 Å². The van der Waals surface area contributed by atoms with E-state index in [0.717, 1.165) is 45.4 Å². The van der Waals surface area contributed by atoms with E-state index in [9.17, 15) is 14.3 Å². The van der Waals surface area contributed by atoms with Gasteiger partial charge in [0.1, 0.15) is 11.9 Å². The molecule has 1 N–H and O–H groups in total. The Hall–Kier alpha value is -1.92. The van der Waals surface area contributed by atoms with Gasteiger partial charge in [0.05, 0.1) is 17.7 Å². The van der Waals surface area contributed by atoms with Crippen molar-refractivity contribution in [3.05, 3.63) is 41.7 Å². The van der Waals surface area contributed by atoms with E-state index in [-0.39, 0.29) is 35.1 Å². The number of esters is 1. The van der Waals surface area contributed by atoms with E-state index in [1.807, 2.05) is 12.1 Å². The van der Waals surface area contributed by atoms with Crippen molar-refractivity contribution in [3.63, 3.8) is 0 Å². The molecular formula is C25H33FN2O3. The molecule has 0 radical (unpaired) electrons. The van der Waals surface area contributed by atoms with Gasteiger partial charge in [-0.15, -0.1) is 0 Å². The average Bonchev–Trinajstić information content (AvgIpc) is 3.06. The minimum absolute atomic E-state index is 0.153. The van der Waals surface area contributed by atoms with Crippen LogP contribution in [0.2, 0.25) is 0 Å². The molecular weight excluding hydrogens is 395 g/mol. The molecule has 168 valence electrons. The van der Waals surface area contributed by atoms with Crippen LogP contribution < -0.4 is 4.90 Å². The fraction of sp³-hybridized carbons (Fsp3) is 0.640. The number of piperazine rings is 1. The molecule has 0 unspecified atom stereocenters. The fourth-order valence-electron chi connectivity index (χ4n) is 6.43. The number of ether oxygens (including phenoxy) is 1. The molecule has 2 aliphatic heterocycles. The predicted molar refractivity (Wildman–Crippen MR) is 117 cm³/mol. The van der Waals surface area contributed by atoms with Gasteiger partial charge in [0.25, 0.3) is 0 Å². The minimum Gasteiger partial charge on any atom is -0.461 e. The van der Waals surface area contributed by atoms with Crippen LogP contribution in [0.15, 0.2) is 35.9 Å². The number of hydrogen-bond donors (Lipinski definition) is 1. The van der Waals surface area contributed by atoms with E-state index in [1.54, 1.807) is 6.07 Å². The van der Waals surface area contributed by atoms with Gasteiger partial charge in [0.15, 0.2) is 0 Å². The lowest BCUT2D eigenvalue weighted by molar-refractivity contribution is -0.145. The zero-order valence-corrected chi connectivity index (χ0v) is 18.5. The third kappa shape index (κ3) is 3.39. The van der Waals surface area contributed by atoms with Gasteiger partial charge in [-0.25, -0.2) is 4.39 Å². The summed E-state index contributed by atoms with van der Waals surface area (Å²) in [4.78, 5) is 17.2. The van der Waals surface area contributed by atoms with Gasteiger partial charge in [-0.2, -0.15) is 0 Å². The van der Waals surface area contributed by atoms with Crippen LogP contribution in [0.5, 0.6) is 0 Å². The van der Waals surface area contributed by atoms with E-state index in [1.165, 1.54) is 11.6 Å². The minimum atomic E-state index is -0.566. The van der Waals surface area contributed by atoms with Crippen molar-refractivity contribution in [2.45, 2.75) is 45.3 Å². The summed E-state index contributed by atoms with van der Waals surface area (Å²) in [6.45, 7) is 7.99. The molecule has 1 saturated carbocycles. The molecule has 31 heavy (non-hydrogen) atoms. The highest BCUT2D eigenvalue weighted by atomic mass is 19.1. The van der Waals surface area contributed by atoms with Gasteiger partial charge >= 0.3 is 5.97 Å². The van der Waals surface area contributed by atoms with Crippen LogP contribution >= 0.6 is 0 Å². The SMILES string of the molecule is C[C@@H]1CCC=C2C[C@H]3OC(=O)[C@H](CN4CCN(c5ccccc5F)CC4)[C@@H]3[C@@H](O)[C@@]21C. The number of nitrogens with zero attached hydrogens (tertiary/aromatic N) is 2. The summed E-state index contributed by atoms with van der Waals surface area (Å²) >= 11 is 0. The number of anilines is 1. The Kier molecular flexibility index (Phi) is 5.33. The first-order valence-corrected chi connectivity index (χ1v) is 11.7. The van der Waals surface area contributed by atoms with Crippen molar-refractivity contribution in [3.8, 4) is 0 Å². The van der Waals surface area contributed by atoms with Crippen molar-refractivity contribution in [1.82, 2.24) is 4.90 Å². The van der Waals surface area contributed by atoms with Crippen LogP contribution in [0, 0.1) is 29.0 Å². The molecule has 5 rings (SSSR count). The molecule has 0 spiro atoms. The summed E-state index contributed by atoms with van der Waals surface area (Å²) in [5.41, 5.74) is 1.64. The third-order valence-electron chi connectivity index (χ3n) is 8.59. The maximum absolute atomic E-state index is 14.1. The Balaban J connectivity index is 1.28. The molecule has 2 heterocycles. The molecule has 1 aromatic rings. The monoisotopic (exact) mass is 428 g/mol. The largest absolute Gasteiger partial charge is 0.461 e. The quantitative estimate of drug-likeness (QED) is 0.592. The van der Waals surface area contributed by atoms with Crippen LogP contribution in [0.1, 0.15) is 33.1 Å². The van der Waals surface area contributed by atoms with Gasteiger partial charge < -0.3 is 14.7 Å². The van der Waals surface area contributed by atoms with E-state index in [4.69, 9.17) is 4.74 Å². The van der Waals surface area contributed by atoms with Gasteiger partial charge in [-0.05, 0) is 30.9 Å². The number of rotatable bonds is 3. The molecule has 6 atom stereocenters. The Labute approximate surface area is 183 Å². The zero-order chi connectivity index (χ0) is 21.8. The smallest absolute Gasteiger partial charge is 0.311 e. The number of allylic oxidation sites excluding steroid dienone is 1. The second-order valence-electron chi connectivity index (χ2n) is 10.0. The molecule has 0 bridgehead atoms. The molecule has 0 aromatic heterocycles. The number of aliphatic hydroxyl groups excluding tert-OH is 1. The van der Waals surface area contributed by atoms with Crippen molar-refractivity contribution >= 4 is 11.7 Å². The second kappa shape index (κ2) is 7.89. The molecule has 4 aliphatic rings. The lowest BCUT2D eigenvalue weighted by Gasteiger charge is -2.52. The summed E-state index contributed by atoms with van der Waals surface area (Å²) < 4.78 is 19.9. The van der Waals surface area contributed by atoms with Crippen LogP contribution in [0.4, 0.5) is 10.1 Å². The summed E-state index contributed by atoms with van der Waals surface area (Å²) in [5, 5.41) is 11.5. The third-order valence-corrected chi connectivity index (χ3v) is 8.59. The number of carbonyl (C=O) groups is 1. The Morgan fingerprint density at radius 3 is 2.71 bits per heavy atom. The maximum atomic E-state index is 14.1. The normalized spacial score (nSPS) is 38.3. The van der Waals surface area contributed by atoms with E-state index in [2.05, 4.69) is 29.7 Å². The summed E-state index contributed by atoms with van der Waals surface area (Å²) in [7, 11) is 0. The zero-order valence-electron chi connectivity index (χ0n) is 18.5. The molecule has 1 aromatic carbocycles. The average molecular weight is 429 g/mol. The van der Waals surface area contributed by atoms with E-state index >= 15 is 0 Å². The first-order chi connectivity index (χ1) is 14.9. The van der Waals surface area contributed by atoms with Crippen LogP contribution in [0.25, 0.3) is 0 Å². The van der Waals surface area contributed by atoms with Gasteiger partial charge in [0.2, 0.25) is 0 Å². The van der Waals surface area contributed by atoms with Gasteiger partial charge in [-0.1, -0.05) is 37.6 Å². The van der Waals surface area contributed by atoms with Crippen molar-refractivity contribution in [1.29, 1.82) is 0 Å². The standard InChI is InChI=1S/C25H33FN2O3/c1-16-6-5-7-17-14-21-22(23(29)25(16,17)2)18(24(30)31-21)15-27-10-12-28(13-11-27)20-9-4-3-8-19(20)26/h3-4,7-9,16,18,21-23,29H,5-6,10-15H2,1-2H3/t16-,18-,21-,22+,23-,25-/m1/s1. The summed E-state index contributed by atoms with van der Waals surface area (Å²) in [6.07, 6.45) is 4.36. The Morgan fingerprint density at radius 2 is 1.97 bits per heavy atom. The van der Waals surface area contributed by atoms with Crippen molar-refractivity contribution < 1.29 is 19.0 Å². The van der Waals surface area contributed by atoms with E-state index in [0.29, 0.717) is 18.2 Å². The van der Waals surface area contributed by atoms with Crippen LogP contribution in [-0.4, -0.2) is 60.9 Å². The number of fused-ring (bicyclic) bond motifs is 2. The lowest BCUT2D eigenvalue weighted by Crippen LogP contribution is -2.55. The van der Waals surface area contributed by atoms with Crippen LogP contribution in [-0.2, 0) is 9.53 Å². The van der Waals surface area contributed by atoms with Crippen molar-refractivity contribution in [2.75, 3.05) is 37.6 Å². The summed E-state index contributed by atoms with van der Waals surface area (Å²) in [6, 6.07) is 6.89. The number of halogens is 1. The summed E-state index contributed by atoms with van der Waals surface area (Å²) in [5.74, 6) is -0.417. The molecule has 6 heteroatoms. The highest BCUT2D eigenvalue weighted by Gasteiger charge is 2.59. The highest BCUT2D eigenvalue weighted by Crippen LogP contribution is 2.56. The lowest BCUT2D eigenvalue weighted by atomic mass is 9.55. The number of benzene rings is 1. The van der Waals surface area contributed by atoms with Crippen molar-refractivity contribution in [2.24, 2.45) is 23.2 Å². The van der Waals surface area contributed by atoms with Gasteiger partial charge in [-0.3, -0.25) is 9.69 Å². The van der Waals surface area contributed by atoms with Gasteiger partial charge in [0, 0.05) is 50.5 Å². The Bertz CT molecular complexity index is 881. The first kappa shape index (κ1) is 21.0. The number of aliphatic hydroxyl groups is 1.